The minimum atomic E-state index is 0.189. The zero-order valence-electron chi connectivity index (χ0n) is 23.6. The molecule has 0 aromatic heterocycles. The highest BCUT2D eigenvalue weighted by atomic mass is 14.5. The normalized spacial score (nSPS) is 15.5. The van der Waals surface area contributed by atoms with Crippen LogP contribution in [-0.2, 0) is 5.41 Å². The van der Waals surface area contributed by atoms with E-state index in [1.54, 1.807) is 11.1 Å². The quantitative estimate of drug-likeness (QED) is 0.188. The van der Waals surface area contributed by atoms with Crippen LogP contribution in [0.2, 0.25) is 0 Å². The average Bonchev–Trinajstić information content (AvgIpc) is 3.18. The van der Waals surface area contributed by atoms with Crippen molar-refractivity contribution < 1.29 is 0 Å². The molecule has 3 rings (SSSR count). The number of fused-ring (bicyclic) bond motifs is 3. The molecule has 1 aliphatic carbocycles. The lowest BCUT2D eigenvalue weighted by molar-refractivity contribution is 0.167. The summed E-state index contributed by atoms with van der Waals surface area (Å²) in [7, 11) is 0. The molecule has 0 saturated carbocycles. The topological polar surface area (TPSA) is 0 Å². The van der Waals surface area contributed by atoms with Gasteiger partial charge in [0.05, 0.1) is 0 Å². The number of benzene rings is 2. The number of hydrogen-bond donors (Lipinski definition) is 0. The van der Waals surface area contributed by atoms with Crippen LogP contribution in [0.15, 0.2) is 48.5 Å². The fraction of sp³-hybridized carbons (Fsp3) is 0.657. The summed E-state index contributed by atoms with van der Waals surface area (Å²) in [5, 5.41) is 0. The van der Waals surface area contributed by atoms with Gasteiger partial charge < -0.3 is 0 Å². The highest BCUT2D eigenvalue weighted by Gasteiger charge is 2.51. The van der Waals surface area contributed by atoms with Crippen molar-refractivity contribution in [3.05, 3.63) is 59.7 Å². The lowest BCUT2D eigenvalue weighted by Crippen LogP contribution is -2.42. The zero-order valence-corrected chi connectivity index (χ0v) is 23.6. The molecule has 35 heavy (non-hydrogen) atoms. The number of rotatable bonds is 18. The van der Waals surface area contributed by atoms with Crippen LogP contribution in [0.25, 0.3) is 11.1 Å². The molecule has 2 aromatic carbocycles. The molecule has 0 heteroatoms. The Kier molecular flexibility index (Phi) is 11.9. The van der Waals surface area contributed by atoms with Gasteiger partial charge in [-0.1, -0.05) is 153 Å². The first kappa shape index (κ1) is 28.0. The Bertz CT molecular complexity index is 775. The van der Waals surface area contributed by atoms with Crippen molar-refractivity contribution in [3.8, 4) is 11.1 Å². The molecule has 0 spiro atoms. The Morgan fingerprint density at radius 2 is 0.857 bits per heavy atom. The summed E-state index contributed by atoms with van der Waals surface area (Å²) >= 11 is 0. The van der Waals surface area contributed by atoms with Gasteiger partial charge in [0, 0.05) is 5.41 Å². The standard InChI is InChI=1S/C35H54/c1-5-9-11-13-15-23-29(21-7-3)35(30(22-8-4)24-16-14-12-10-6-2)33-27-19-17-25-31(33)32-26-18-20-28-34(32)35/h17-20,25-30H,5-16,21-24H2,1-4H3. The van der Waals surface area contributed by atoms with Crippen molar-refractivity contribution in [2.75, 3.05) is 0 Å². The molecule has 2 atom stereocenters. The van der Waals surface area contributed by atoms with Gasteiger partial charge in [0.1, 0.15) is 0 Å². The Hall–Kier alpha value is -1.56. The molecule has 2 aromatic rings. The summed E-state index contributed by atoms with van der Waals surface area (Å²) < 4.78 is 0. The van der Waals surface area contributed by atoms with Crippen molar-refractivity contribution in [3.63, 3.8) is 0 Å². The van der Waals surface area contributed by atoms with Crippen molar-refractivity contribution >= 4 is 0 Å². The second-order valence-electron chi connectivity index (χ2n) is 11.3. The van der Waals surface area contributed by atoms with Crippen LogP contribution >= 0.6 is 0 Å². The summed E-state index contributed by atoms with van der Waals surface area (Å²) in [4.78, 5) is 0. The van der Waals surface area contributed by atoms with Crippen molar-refractivity contribution in [2.45, 2.75) is 136 Å². The maximum Gasteiger partial charge on any atom is 0.0271 e. The van der Waals surface area contributed by atoms with E-state index in [0.717, 1.165) is 11.8 Å². The van der Waals surface area contributed by atoms with Crippen LogP contribution in [-0.4, -0.2) is 0 Å². The third-order valence-electron chi connectivity index (χ3n) is 8.91. The minimum Gasteiger partial charge on any atom is -0.0654 e. The van der Waals surface area contributed by atoms with Crippen LogP contribution in [0, 0.1) is 11.8 Å². The van der Waals surface area contributed by atoms with Gasteiger partial charge in [0.15, 0.2) is 0 Å². The highest BCUT2D eigenvalue weighted by molar-refractivity contribution is 5.81. The van der Waals surface area contributed by atoms with Crippen molar-refractivity contribution in [1.82, 2.24) is 0 Å². The Labute approximate surface area is 218 Å². The highest BCUT2D eigenvalue weighted by Crippen LogP contribution is 2.60. The predicted molar refractivity (Wildman–Crippen MR) is 156 cm³/mol. The lowest BCUT2D eigenvalue weighted by Gasteiger charge is -2.47. The van der Waals surface area contributed by atoms with E-state index in [4.69, 9.17) is 0 Å². The van der Waals surface area contributed by atoms with Gasteiger partial charge in [-0.05, 0) is 59.8 Å². The van der Waals surface area contributed by atoms with Gasteiger partial charge in [0.25, 0.3) is 0 Å². The van der Waals surface area contributed by atoms with E-state index in [1.165, 1.54) is 114 Å². The minimum absolute atomic E-state index is 0.189. The van der Waals surface area contributed by atoms with E-state index >= 15 is 0 Å². The molecule has 1 aliphatic rings. The first-order valence-corrected chi connectivity index (χ1v) is 15.4. The van der Waals surface area contributed by atoms with Gasteiger partial charge in [0.2, 0.25) is 0 Å². The molecule has 0 nitrogen and oxygen atoms in total. The number of unbranched alkanes of at least 4 members (excludes halogenated alkanes) is 8. The second-order valence-corrected chi connectivity index (χ2v) is 11.3. The van der Waals surface area contributed by atoms with E-state index in [-0.39, 0.29) is 5.41 Å². The summed E-state index contributed by atoms with van der Waals surface area (Å²) in [5.74, 6) is 1.48. The van der Waals surface area contributed by atoms with E-state index in [9.17, 15) is 0 Å². The number of hydrogen-bond acceptors (Lipinski definition) is 0. The summed E-state index contributed by atoms with van der Waals surface area (Å²) in [6.07, 6.45) is 21.9. The Morgan fingerprint density at radius 3 is 1.26 bits per heavy atom. The molecule has 0 saturated heterocycles. The van der Waals surface area contributed by atoms with Gasteiger partial charge >= 0.3 is 0 Å². The summed E-state index contributed by atoms with van der Waals surface area (Å²) in [6, 6.07) is 19.1. The smallest absolute Gasteiger partial charge is 0.0271 e. The fourth-order valence-electron chi connectivity index (χ4n) is 7.40. The molecule has 194 valence electrons. The lowest BCUT2D eigenvalue weighted by atomic mass is 9.56. The van der Waals surface area contributed by atoms with E-state index in [1.807, 2.05) is 0 Å². The maximum atomic E-state index is 2.52. The molecule has 0 N–H and O–H groups in total. The van der Waals surface area contributed by atoms with E-state index < -0.39 is 0 Å². The molecule has 0 aliphatic heterocycles. The van der Waals surface area contributed by atoms with Crippen LogP contribution in [0.1, 0.15) is 142 Å². The maximum absolute atomic E-state index is 2.52. The second kappa shape index (κ2) is 14.9. The molecule has 0 amide bonds. The van der Waals surface area contributed by atoms with Crippen LogP contribution in [0.5, 0.6) is 0 Å². The van der Waals surface area contributed by atoms with E-state index in [2.05, 4.69) is 76.2 Å². The molecular formula is C35H54. The molecule has 0 heterocycles. The Balaban J connectivity index is 2.05. The molecule has 2 unspecified atom stereocenters. The van der Waals surface area contributed by atoms with Crippen LogP contribution < -0.4 is 0 Å². The summed E-state index contributed by atoms with van der Waals surface area (Å²) in [5.41, 5.74) is 6.58. The molecule has 0 radical (unpaired) electrons. The van der Waals surface area contributed by atoms with Gasteiger partial charge in [-0.25, -0.2) is 0 Å². The molecular weight excluding hydrogens is 420 g/mol. The zero-order chi connectivity index (χ0) is 24.9. The average molecular weight is 475 g/mol. The van der Waals surface area contributed by atoms with E-state index in [0.29, 0.717) is 0 Å². The first-order chi connectivity index (χ1) is 17.2. The molecule has 0 fully saturated rings. The Morgan fingerprint density at radius 1 is 0.457 bits per heavy atom. The van der Waals surface area contributed by atoms with Gasteiger partial charge in [-0.3, -0.25) is 0 Å². The molecule has 0 bridgehead atoms. The monoisotopic (exact) mass is 474 g/mol. The first-order valence-electron chi connectivity index (χ1n) is 15.4. The third kappa shape index (κ3) is 6.42. The van der Waals surface area contributed by atoms with Crippen molar-refractivity contribution in [2.24, 2.45) is 11.8 Å². The fourth-order valence-corrected chi connectivity index (χ4v) is 7.40. The third-order valence-corrected chi connectivity index (χ3v) is 8.91. The summed E-state index contributed by atoms with van der Waals surface area (Å²) in [6.45, 7) is 9.50. The van der Waals surface area contributed by atoms with Crippen LogP contribution in [0.3, 0.4) is 0 Å². The predicted octanol–water partition coefficient (Wildman–Crippen LogP) is 11.5. The van der Waals surface area contributed by atoms with Crippen LogP contribution in [0.4, 0.5) is 0 Å². The van der Waals surface area contributed by atoms with Gasteiger partial charge in [-0.15, -0.1) is 0 Å². The SMILES string of the molecule is CCCCCCCC(CCC)C1(C(CCC)CCCCCCC)c2ccccc2-c2ccccc21. The van der Waals surface area contributed by atoms with Crippen molar-refractivity contribution in [1.29, 1.82) is 0 Å². The van der Waals surface area contributed by atoms with Gasteiger partial charge in [-0.2, -0.15) is 0 Å². The largest absolute Gasteiger partial charge is 0.0654 e.